The monoisotopic (exact) mass is 365 g/mol. The van der Waals surface area contributed by atoms with Gasteiger partial charge in [-0.1, -0.05) is 12.1 Å². The van der Waals surface area contributed by atoms with E-state index in [2.05, 4.69) is 15.7 Å². The van der Waals surface area contributed by atoms with Crippen LogP contribution in [0.2, 0.25) is 0 Å². The van der Waals surface area contributed by atoms with Gasteiger partial charge in [0.2, 0.25) is 0 Å². The van der Waals surface area contributed by atoms with Crippen molar-refractivity contribution in [3.8, 4) is 0 Å². The smallest absolute Gasteiger partial charge is 0.257 e. The molecule has 2 amide bonds. The van der Waals surface area contributed by atoms with Crippen molar-refractivity contribution < 1.29 is 9.59 Å². The summed E-state index contributed by atoms with van der Waals surface area (Å²) in [5.41, 5.74) is 1.52. The average Bonchev–Trinajstić information content (AvgIpc) is 3.34. The molecule has 5 rings (SSSR count). The molecule has 2 fully saturated rings. The fraction of sp³-hybridized carbons (Fsp3) is 0.450. The van der Waals surface area contributed by atoms with Crippen LogP contribution < -0.4 is 10.6 Å². The van der Waals surface area contributed by atoms with E-state index >= 15 is 0 Å². The van der Waals surface area contributed by atoms with Crippen molar-refractivity contribution in [2.24, 2.45) is 0 Å². The van der Waals surface area contributed by atoms with Crippen LogP contribution >= 0.6 is 0 Å². The topological polar surface area (TPSA) is 79.3 Å². The Labute approximate surface area is 157 Å². The lowest BCUT2D eigenvalue weighted by Gasteiger charge is -2.43. The average molecular weight is 365 g/mol. The van der Waals surface area contributed by atoms with E-state index in [1.54, 1.807) is 10.9 Å². The number of rotatable bonds is 2. The van der Waals surface area contributed by atoms with Gasteiger partial charge < -0.3 is 15.5 Å². The van der Waals surface area contributed by atoms with Crippen LogP contribution in [-0.4, -0.2) is 44.2 Å². The van der Waals surface area contributed by atoms with Crippen molar-refractivity contribution in [1.29, 1.82) is 0 Å². The Hall–Kier alpha value is -2.83. The summed E-state index contributed by atoms with van der Waals surface area (Å²) in [6.45, 7) is 4.07. The van der Waals surface area contributed by atoms with Gasteiger partial charge in [-0.3, -0.25) is 14.3 Å². The van der Waals surface area contributed by atoms with Crippen LogP contribution in [0.25, 0.3) is 0 Å². The lowest BCUT2D eigenvalue weighted by Crippen LogP contribution is -2.64. The molecule has 4 heterocycles. The maximum atomic E-state index is 13.2. The van der Waals surface area contributed by atoms with Crippen LogP contribution in [0.5, 0.6) is 0 Å². The highest BCUT2D eigenvalue weighted by Crippen LogP contribution is 2.47. The van der Waals surface area contributed by atoms with Gasteiger partial charge in [0, 0.05) is 30.4 Å². The lowest BCUT2D eigenvalue weighted by molar-refractivity contribution is 0.0691. The van der Waals surface area contributed by atoms with Crippen molar-refractivity contribution >= 4 is 17.5 Å². The Bertz CT molecular complexity index is 936. The molecule has 3 atom stereocenters. The second-order valence-corrected chi connectivity index (χ2v) is 8.06. The minimum atomic E-state index is -0.585. The fourth-order valence-electron chi connectivity index (χ4n) is 4.86. The molecule has 1 aromatic carbocycles. The van der Waals surface area contributed by atoms with Gasteiger partial charge >= 0.3 is 0 Å². The normalized spacial score (nSPS) is 28.4. The quantitative estimate of drug-likeness (QED) is 0.856. The zero-order chi connectivity index (χ0) is 18.8. The summed E-state index contributed by atoms with van der Waals surface area (Å²) < 4.78 is 1.80. The molecule has 2 saturated heterocycles. The molecule has 1 aromatic heterocycles. The van der Waals surface area contributed by atoms with E-state index < -0.39 is 5.66 Å². The molecular weight excluding hydrogens is 342 g/mol. The number of carbonyl (C=O) groups excluding carboxylic acids is 2. The van der Waals surface area contributed by atoms with Crippen molar-refractivity contribution in [2.45, 2.75) is 56.9 Å². The molecule has 3 aliphatic heterocycles. The van der Waals surface area contributed by atoms with Gasteiger partial charge in [-0.25, -0.2) is 0 Å². The summed E-state index contributed by atoms with van der Waals surface area (Å²) in [6, 6.07) is 7.82. The van der Waals surface area contributed by atoms with Gasteiger partial charge in [-0.2, -0.15) is 5.10 Å². The highest BCUT2D eigenvalue weighted by atomic mass is 16.2. The number of nitrogens with zero attached hydrogens (tertiary/aromatic N) is 3. The predicted octanol–water partition coefficient (Wildman–Crippen LogP) is 2.39. The first kappa shape index (κ1) is 16.4. The zero-order valence-electron chi connectivity index (χ0n) is 15.5. The lowest BCUT2D eigenvalue weighted by atomic mass is 9.86. The van der Waals surface area contributed by atoms with Gasteiger partial charge in [-0.15, -0.1) is 0 Å². The molecule has 0 aliphatic carbocycles. The van der Waals surface area contributed by atoms with E-state index in [0.29, 0.717) is 11.1 Å². The molecule has 0 saturated carbocycles. The summed E-state index contributed by atoms with van der Waals surface area (Å²) in [5.74, 6) is -0.0712. The molecule has 1 spiro atoms. The number of hydrogen-bond acceptors (Lipinski definition) is 4. The van der Waals surface area contributed by atoms with Crippen LogP contribution in [0.4, 0.5) is 5.69 Å². The number of anilines is 1. The number of fused-ring (bicyclic) bond motifs is 4. The van der Waals surface area contributed by atoms with Crippen LogP contribution in [-0.2, 0) is 0 Å². The number of carbonyl (C=O) groups is 2. The number of para-hydroxylation sites is 1. The third-order valence-electron chi connectivity index (χ3n) is 6.11. The molecule has 0 unspecified atom stereocenters. The number of amides is 2. The molecule has 3 aliphatic rings. The molecule has 7 nitrogen and oxygen atoms in total. The first-order valence-corrected chi connectivity index (χ1v) is 9.55. The van der Waals surface area contributed by atoms with Gasteiger partial charge in [-0.05, 0) is 38.8 Å². The standard InChI is InChI=1S/C20H23N5O2/c1-12(2)24-11-13(10-21-24)19(27)25-14-7-8-17(25)20(9-14)22-16-6-4-3-5-15(16)18(26)23-20/h3-6,10-12,14,17,22H,7-9H2,1-2H3,(H,23,26)/t14-,17-,20-/m0/s1. The zero-order valence-corrected chi connectivity index (χ0v) is 15.5. The predicted molar refractivity (Wildman–Crippen MR) is 100 cm³/mol. The molecule has 0 radical (unpaired) electrons. The summed E-state index contributed by atoms with van der Waals surface area (Å²) in [5, 5.41) is 11.0. The second kappa shape index (κ2) is 5.58. The number of hydrogen-bond donors (Lipinski definition) is 2. The fourth-order valence-corrected chi connectivity index (χ4v) is 4.86. The molecule has 27 heavy (non-hydrogen) atoms. The van der Waals surface area contributed by atoms with Gasteiger partial charge in [0.25, 0.3) is 11.8 Å². The minimum absolute atomic E-state index is 0.00109. The maximum Gasteiger partial charge on any atom is 0.257 e. The SMILES string of the molecule is CC(C)n1cc(C(=O)N2[C@H]3CC[C@H]2[C@]2(C3)NC(=O)c3ccccc3N2)cn1. The first-order chi connectivity index (χ1) is 13.0. The van der Waals surface area contributed by atoms with Gasteiger partial charge in [0.1, 0.15) is 5.66 Å². The Morgan fingerprint density at radius 2 is 2.07 bits per heavy atom. The molecule has 2 bridgehead atoms. The van der Waals surface area contributed by atoms with E-state index in [-0.39, 0.29) is 29.9 Å². The number of nitrogens with one attached hydrogen (secondary N) is 2. The van der Waals surface area contributed by atoms with Crippen LogP contribution in [0, 0.1) is 0 Å². The Morgan fingerprint density at radius 1 is 1.26 bits per heavy atom. The van der Waals surface area contributed by atoms with Gasteiger partial charge in [0.05, 0.1) is 23.4 Å². The summed E-state index contributed by atoms with van der Waals surface area (Å²) in [4.78, 5) is 27.9. The van der Waals surface area contributed by atoms with E-state index in [0.717, 1.165) is 24.9 Å². The third kappa shape index (κ3) is 2.30. The van der Waals surface area contributed by atoms with Gasteiger partial charge in [0.15, 0.2) is 0 Å². The molecule has 7 heteroatoms. The van der Waals surface area contributed by atoms with Crippen molar-refractivity contribution in [2.75, 3.05) is 5.32 Å². The van der Waals surface area contributed by atoms with E-state index in [1.165, 1.54) is 0 Å². The molecule has 140 valence electrons. The summed E-state index contributed by atoms with van der Waals surface area (Å²) >= 11 is 0. The Balaban J connectivity index is 1.46. The third-order valence-corrected chi connectivity index (χ3v) is 6.11. The molecule has 2 N–H and O–H groups in total. The molecular formula is C20H23N5O2. The Kier molecular flexibility index (Phi) is 3.38. The highest BCUT2D eigenvalue weighted by Gasteiger charge is 2.60. The van der Waals surface area contributed by atoms with Crippen LogP contribution in [0.1, 0.15) is 59.9 Å². The first-order valence-electron chi connectivity index (χ1n) is 9.55. The van der Waals surface area contributed by atoms with E-state index in [1.807, 2.05) is 49.2 Å². The van der Waals surface area contributed by atoms with Crippen LogP contribution in [0.3, 0.4) is 0 Å². The largest absolute Gasteiger partial charge is 0.360 e. The molecule has 2 aromatic rings. The Morgan fingerprint density at radius 3 is 2.85 bits per heavy atom. The van der Waals surface area contributed by atoms with E-state index in [9.17, 15) is 9.59 Å². The van der Waals surface area contributed by atoms with Crippen molar-refractivity contribution in [3.63, 3.8) is 0 Å². The van der Waals surface area contributed by atoms with E-state index in [4.69, 9.17) is 0 Å². The summed E-state index contributed by atoms with van der Waals surface area (Å²) in [6.07, 6.45) is 6.04. The highest BCUT2D eigenvalue weighted by molar-refractivity contribution is 6.02. The van der Waals surface area contributed by atoms with Crippen LogP contribution in [0.15, 0.2) is 36.7 Å². The number of aromatic nitrogens is 2. The van der Waals surface area contributed by atoms with Crippen molar-refractivity contribution in [3.05, 3.63) is 47.8 Å². The second-order valence-electron chi connectivity index (χ2n) is 8.06. The summed E-state index contributed by atoms with van der Waals surface area (Å²) in [7, 11) is 0. The number of benzene rings is 1. The maximum absolute atomic E-state index is 13.2. The van der Waals surface area contributed by atoms with Crippen molar-refractivity contribution in [1.82, 2.24) is 20.0 Å². The minimum Gasteiger partial charge on any atom is -0.360 e.